The summed E-state index contributed by atoms with van der Waals surface area (Å²) >= 11 is 0. The Morgan fingerprint density at radius 2 is 1.85 bits per heavy atom. The van der Waals surface area contributed by atoms with Crippen LogP contribution in [0.2, 0.25) is 0 Å². The normalized spacial score (nSPS) is 14.1. The van der Waals surface area contributed by atoms with E-state index < -0.39 is 0 Å². The maximum atomic E-state index is 12.3. The molecule has 1 amide bonds. The molecule has 6 nitrogen and oxygen atoms in total. The molecule has 0 aromatic heterocycles. The molecule has 1 heterocycles. The van der Waals surface area contributed by atoms with Gasteiger partial charge < -0.3 is 24.8 Å². The summed E-state index contributed by atoms with van der Waals surface area (Å²) in [6, 6.07) is 12.9. The fraction of sp³-hybridized carbons (Fsp3) is 0.350. The molecule has 0 saturated heterocycles. The highest BCUT2D eigenvalue weighted by atomic mass is 16.5. The van der Waals surface area contributed by atoms with Gasteiger partial charge in [-0.1, -0.05) is 12.1 Å². The number of anilines is 1. The summed E-state index contributed by atoms with van der Waals surface area (Å²) in [4.78, 5) is 12.3. The number of fused-ring (bicyclic) bond motifs is 1. The summed E-state index contributed by atoms with van der Waals surface area (Å²) in [6.07, 6.45) is 0.863. The second-order valence-electron chi connectivity index (χ2n) is 6.14. The fourth-order valence-electron chi connectivity index (χ4n) is 2.65. The van der Waals surface area contributed by atoms with E-state index in [0.717, 1.165) is 29.2 Å². The third-order valence-electron chi connectivity index (χ3n) is 4.15. The molecule has 1 aliphatic heterocycles. The number of carbonyl (C=O) groups excluding carboxylic acids is 1. The lowest BCUT2D eigenvalue weighted by Gasteiger charge is -2.17. The van der Waals surface area contributed by atoms with Crippen molar-refractivity contribution >= 4 is 11.6 Å². The maximum absolute atomic E-state index is 12.3. The van der Waals surface area contributed by atoms with E-state index >= 15 is 0 Å². The lowest BCUT2D eigenvalue weighted by molar-refractivity contribution is -0.121. The Kier molecular flexibility index (Phi) is 5.84. The highest BCUT2D eigenvalue weighted by Gasteiger charge is 2.15. The van der Waals surface area contributed by atoms with Crippen LogP contribution in [0.1, 0.15) is 18.9 Å². The second-order valence-corrected chi connectivity index (χ2v) is 6.14. The van der Waals surface area contributed by atoms with Gasteiger partial charge in [-0.2, -0.15) is 0 Å². The Morgan fingerprint density at radius 1 is 1.12 bits per heavy atom. The molecule has 1 atom stereocenters. The molecule has 0 saturated carbocycles. The van der Waals surface area contributed by atoms with Crippen molar-refractivity contribution in [2.24, 2.45) is 0 Å². The van der Waals surface area contributed by atoms with Crippen LogP contribution in [-0.2, 0) is 11.3 Å². The van der Waals surface area contributed by atoms with Crippen LogP contribution in [0.3, 0.4) is 0 Å². The minimum absolute atomic E-state index is 0.0760. The van der Waals surface area contributed by atoms with E-state index in [1.165, 1.54) is 0 Å². The highest BCUT2D eigenvalue weighted by Crippen LogP contribution is 2.32. The Labute approximate surface area is 153 Å². The Bertz CT molecular complexity index is 746. The largest absolute Gasteiger partial charge is 0.497 e. The lowest BCUT2D eigenvalue weighted by atomic mass is 10.2. The van der Waals surface area contributed by atoms with Gasteiger partial charge in [-0.15, -0.1) is 0 Å². The van der Waals surface area contributed by atoms with Crippen LogP contribution in [0.4, 0.5) is 5.69 Å². The van der Waals surface area contributed by atoms with Crippen molar-refractivity contribution in [1.29, 1.82) is 0 Å². The van der Waals surface area contributed by atoms with Crippen molar-refractivity contribution in [2.45, 2.75) is 25.9 Å². The number of nitrogens with one attached hydrogen (secondary N) is 2. The number of carbonyl (C=O) groups is 1. The SMILES string of the molecule is COc1ccc(CNC(=O)[C@H](C)Nc2ccc3c(c2)OCCCO3)cc1. The molecule has 0 aliphatic carbocycles. The molecule has 0 radical (unpaired) electrons. The first-order valence-electron chi connectivity index (χ1n) is 8.72. The lowest BCUT2D eigenvalue weighted by Crippen LogP contribution is -2.37. The molecule has 0 fully saturated rings. The average Bonchev–Trinajstić information content (AvgIpc) is 2.91. The molecule has 26 heavy (non-hydrogen) atoms. The molecule has 6 heteroatoms. The number of amides is 1. The minimum atomic E-state index is -0.377. The van der Waals surface area contributed by atoms with Gasteiger partial charge in [-0.3, -0.25) is 4.79 Å². The monoisotopic (exact) mass is 356 g/mol. The highest BCUT2D eigenvalue weighted by molar-refractivity contribution is 5.84. The summed E-state index contributed by atoms with van der Waals surface area (Å²) < 4.78 is 16.4. The van der Waals surface area contributed by atoms with Crippen molar-refractivity contribution < 1.29 is 19.0 Å². The van der Waals surface area contributed by atoms with E-state index in [2.05, 4.69) is 10.6 Å². The van der Waals surface area contributed by atoms with Crippen molar-refractivity contribution in [3.05, 3.63) is 48.0 Å². The van der Waals surface area contributed by atoms with Crippen LogP contribution in [-0.4, -0.2) is 32.3 Å². The average molecular weight is 356 g/mol. The van der Waals surface area contributed by atoms with Gasteiger partial charge in [0.15, 0.2) is 11.5 Å². The van der Waals surface area contributed by atoms with Crippen LogP contribution in [0, 0.1) is 0 Å². The number of benzene rings is 2. The Morgan fingerprint density at radius 3 is 2.58 bits per heavy atom. The van der Waals surface area contributed by atoms with Gasteiger partial charge in [0.25, 0.3) is 0 Å². The van der Waals surface area contributed by atoms with Gasteiger partial charge in [0.05, 0.1) is 20.3 Å². The quantitative estimate of drug-likeness (QED) is 0.833. The summed E-state index contributed by atoms with van der Waals surface area (Å²) in [5.74, 6) is 2.17. The topological polar surface area (TPSA) is 68.8 Å². The van der Waals surface area contributed by atoms with Gasteiger partial charge in [-0.05, 0) is 36.8 Å². The molecule has 2 aromatic rings. The van der Waals surface area contributed by atoms with Crippen LogP contribution in [0.15, 0.2) is 42.5 Å². The van der Waals surface area contributed by atoms with Crippen LogP contribution < -0.4 is 24.8 Å². The van der Waals surface area contributed by atoms with Gasteiger partial charge in [-0.25, -0.2) is 0 Å². The van der Waals surface area contributed by atoms with E-state index in [1.54, 1.807) is 7.11 Å². The smallest absolute Gasteiger partial charge is 0.242 e. The van der Waals surface area contributed by atoms with Gasteiger partial charge in [0.1, 0.15) is 11.8 Å². The molecule has 2 N–H and O–H groups in total. The standard InChI is InChI=1S/C20H24N2O4/c1-14(20(23)21-13-15-4-7-17(24-2)8-5-15)22-16-6-9-18-19(12-16)26-11-3-10-25-18/h4-9,12,14,22H,3,10-11,13H2,1-2H3,(H,21,23)/t14-/m0/s1. The molecule has 1 aliphatic rings. The van der Waals surface area contributed by atoms with Crippen LogP contribution >= 0.6 is 0 Å². The molecule has 0 spiro atoms. The Balaban J connectivity index is 1.54. The Hall–Kier alpha value is -2.89. The molecule has 0 bridgehead atoms. The fourth-order valence-corrected chi connectivity index (χ4v) is 2.65. The van der Waals surface area contributed by atoms with Gasteiger partial charge in [0.2, 0.25) is 5.91 Å². The molecular formula is C20H24N2O4. The van der Waals surface area contributed by atoms with Crippen molar-refractivity contribution in [3.63, 3.8) is 0 Å². The summed E-state index contributed by atoms with van der Waals surface area (Å²) in [5.41, 5.74) is 1.84. The first kappa shape index (κ1) is 17.9. The molecule has 0 unspecified atom stereocenters. The first-order chi connectivity index (χ1) is 12.7. The molecule has 138 valence electrons. The van der Waals surface area contributed by atoms with Crippen molar-refractivity contribution in [3.8, 4) is 17.2 Å². The predicted octanol–water partition coefficient (Wildman–Crippen LogP) is 2.97. The van der Waals surface area contributed by atoms with Crippen LogP contribution in [0.5, 0.6) is 17.2 Å². The zero-order chi connectivity index (χ0) is 18.4. The summed E-state index contributed by atoms with van der Waals surface area (Å²) in [6.45, 7) is 3.58. The zero-order valence-electron chi connectivity index (χ0n) is 15.1. The van der Waals surface area contributed by atoms with Gasteiger partial charge >= 0.3 is 0 Å². The van der Waals surface area contributed by atoms with E-state index in [-0.39, 0.29) is 11.9 Å². The third kappa shape index (κ3) is 4.59. The zero-order valence-corrected chi connectivity index (χ0v) is 15.1. The first-order valence-corrected chi connectivity index (χ1v) is 8.72. The van der Waals surface area contributed by atoms with E-state index in [4.69, 9.17) is 14.2 Å². The van der Waals surface area contributed by atoms with Crippen molar-refractivity contribution in [1.82, 2.24) is 5.32 Å². The predicted molar refractivity (Wildman–Crippen MR) is 100.0 cm³/mol. The van der Waals surface area contributed by atoms with Crippen molar-refractivity contribution in [2.75, 3.05) is 25.6 Å². The van der Waals surface area contributed by atoms with E-state index in [9.17, 15) is 4.79 Å². The molecule has 3 rings (SSSR count). The summed E-state index contributed by atoms with van der Waals surface area (Å²) in [7, 11) is 1.63. The number of hydrogen-bond acceptors (Lipinski definition) is 5. The van der Waals surface area contributed by atoms with E-state index in [0.29, 0.717) is 25.5 Å². The number of ether oxygens (including phenoxy) is 3. The minimum Gasteiger partial charge on any atom is -0.497 e. The third-order valence-corrected chi connectivity index (χ3v) is 4.15. The van der Waals surface area contributed by atoms with Crippen LogP contribution in [0.25, 0.3) is 0 Å². The molecule has 2 aromatic carbocycles. The maximum Gasteiger partial charge on any atom is 0.242 e. The second kappa shape index (κ2) is 8.47. The van der Waals surface area contributed by atoms with E-state index in [1.807, 2.05) is 49.4 Å². The number of rotatable bonds is 6. The number of hydrogen-bond donors (Lipinski definition) is 2. The number of methoxy groups -OCH3 is 1. The summed E-state index contributed by atoms with van der Waals surface area (Å²) in [5, 5.41) is 6.13. The molecular weight excluding hydrogens is 332 g/mol. The van der Waals surface area contributed by atoms with Gasteiger partial charge in [0, 0.05) is 24.7 Å².